The third-order valence-corrected chi connectivity index (χ3v) is 5.63. The van der Waals surface area contributed by atoms with Crippen molar-refractivity contribution < 1.29 is 9.18 Å². The fourth-order valence-corrected chi connectivity index (χ4v) is 4.13. The van der Waals surface area contributed by atoms with Gasteiger partial charge in [-0.25, -0.2) is 4.39 Å². The Hall–Kier alpha value is -1.72. The largest absolute Gasteiger partial charge is 0.335 e. The van der Waals surface area contributed by atoms with Crippen LogP contribution in [-0.4, -0.2) is 41.4 Å². The summed E-state index contributed by atoms with van der Waals surface area (Å²) in [4.78, 5) is 18.0. The van der Waals surface area contributed by atoms with Gasteiger partial charge in [-0.2, -0.15) is 0 Å². The van der Waals surface area contributed by atoms with Crippen LogP contribution >= 0.6 is 11.3 Å². The Bertz CT molecular complexity index is 708. The van der Waals surface area contributed by atoms with Crippen LogP contribution in [0.25, 0.3) is 0 Å². The molecule has 3 nitrogen and oxygen atoms in total. The highest BCUT2D eigenvalue weighted by atomic mass is 32.1. The minimum Gasteiger partial charge on any atom is -0.335 e. The standard InChI is InChI=1S/C17H17FN2OS/c18-15-4-2-1-3-14(15)17(21)20-10-13(11-20)19-7-5-16-12(9-19)6-8-22-16/h1-4,6,8,13H,5,7,9-11H2. The van der Waals surface area contributed by atoms with Crippen LogP contribution in [0.15, 0.2) is 35.7 Å². The van der Waals surface area contributed by atoms with Crippen LogP contribution in [0.3, 0.4) is 0 Å². The van der Waals surface area contributed by atoms with Crippen molar-refractivity contribution in [1.82, 2.24) is 9.80 Å². The third kappa shape index (κ3) is 2.34. The van der Waals surface area contributed by atoms with Crippen LogP contribution in [0.4, 0.5) is 4.39 Å². The van der Waals surface area contributed by atoms with Gasteiger partial charge < -0.3 is 4.90 Å². The van der Waals surface area contributed by atoms with E-state index in [2.05, 4.69) is 16.3 Å². The maximum absolute atomic E-state index is 13.7. The number of nitrogens with zero attached hydrogens (tertiary/aromatic N) is 2. The number of likely N-dealkylation sites (tertiary alicyclic amines) is 1. The molecular weight excluding hydrogens is 299 g/mol. The molecule has 1 fully saturated rings. The van der Waals surface area contributed by atoms with Gasteiger partial charge in [0.15, 0.2) is 0 Å². The number of hydrogen-bond donors (Lipinski definition) is 0. The van der Waals surface area contributed by atoms with Gasteiger partial charge in [0.25, 0.3) is 5.91 Å². The first kappa shape index (κ1) is 13.9. The lowest BCUT2D eigenvalue weighted by atomic mass is 10.0. The van der Waals surface area contributed by atoms with Crippen molar-refractivity contribution in [3.63, 3.8) is 0 Å². The van der Waals surface area contributed by atoms with E-state index in [1.54, 1.807) is 23.1 Å². The molecule has 0 unspecified atom stereocenters. The van der Waals surface area contributed by atoms with Crippen LogP contribution in [0.1, 0.15) is 20.8 Å². The Morgan fingerprint density at radius 2 is 2.05 bits per heavy atom. The van der Waals surface area contributed by atoms with E-state index in [4.69, 9.17) is 0 Å². The van der Waals surface area contributed by atoms with E-state index in [-0.39, 0.29) is 11.5 Å². The molecule has 5 heteroatoms. The number of halogens is 1. The van der Waals surface area contributed by atoms with Crippen LogP contribution in [-0.2, 0) is 13.0 Å². The molecule has 114 valence electrons. The lowest BCUT2D eigenvalue weighted by Crippen LogP contribution is -2.61. The SMILES string of the molecule is O=C(c1ccccc1F)N1CC(N2CCc3sccc3C2)C1. The Balaban J connectivity index is 1.39. The first-order valence-electron chi connectivity index (χ1n) is 7.55. The minimum atomic E-state index is -0.433. The monoisotopic (exact) mass is 316 g/mol. The molecule has 0 bridgehead atoms. The summed E-state index contributed by atoms with van der Waals surface area (Å²) in [5.74, 6) is -0.626. The number of rotatable bonds is 2. The van der Waals surface area contributed by atoms with Gasteiger partial charge in [0, 0.05) is 37.1 Å². The molecule has 0 saturated carbocycles. The molecule has 3 heterocycles. The van der Waals surface area contributed by atoms with Crippen LogP contribution < -0.4 is 0 Å². The van der Waals surface area contributed by atoms with E-state index in [0.29, 0.717) is 19.1 Å². The van der Waals surface area contributed by atoms with Crippen LogP contribution in [0, 0.1) is 5.82 Å². The fraction of sp³-hybridized carbons (Fsp3) is 0.353. The second-order valence-corrected chi connectivity index (χ2v) is 6.93. The molecule has 2 aromatic rings. The molecule has 0 atom stereocenters. The number of carbonyl (C=O) groups is 1. The van der Waals surface area contributed by atoms with E-state index in [9.17, 15) is 9.18 Å². The molecule has 2 aliphatic heterocycles. The van der Waals surface area contributed by atoms with Crippen LogP contribution in [0.2, 0.25) is 0 Å². The number of carbonyl (C=O) groups excluding carboxylic acids is 1. The maximum Gasteiger partial charge on any atom is 0.256 e. The molecule has 1 aromatic heterocycles. The zero-order valence-corrected chi connectivity index (χ0v) is 13.0. The van der Waals surface area contributed by atoms with Crippen molar-refractivity contribution in [3.8, 4) is 0 Å². The lowest BCUT2D eigenvalue weighted by Gasteiger charge is -2.46. The van der Waals surface area contributed by atoms with Gasteiger partial charge in [-0.1, -0.05) is 12.1 Å². The Kier molecular flexibility index (Phi) is 3.47. The van der Waals surface area contributed by atoms with E-state index in [1.807, 2.05) is 11.3 Å². The molecule has 0 spiro atoms. The highest BCUT2D eigenvalue weighted by Crippen LogP contribution is 2.28. The molecule has 0 radical (unpaired) electrons. The van der Waals surface area contributed by atoms with Crippen molar-refractivity contribution in [1.29, 1.82) is 0 Å². The van der Waals surface area contributed by atoms with Gasteiger partial charge in [-0.3, -0.25) is 9.69 Å². The van der Waals surface area contributed by atoms with E-state index >= 15 is 0 Å². The molecule has 22 heavy (non-hydrogen) atoms. The molecular formula is C17H17FN2OS. The molecule has 4 rings (SSSR count). The molecule has 0 aliphatic carbocycles. The summed E-state index contributed by atoms with van der Waals surface area (Å²) < 4.78 is 13.7. The Morgan fingerprint density at radius 3 is 2.86 bits per heavy atom. The number of fused-ring (bicyclic) bond motifs is 1. The first-order valence-corrected chi connectivity index (χ1v) is 8.43. The first-order chi connectivity index (χ1) is 10.7. The van der Waals surface area contributed by atoms with Gasteiger partial charge in [-0.15, -0.1) is 11.3 Å². The molecule has 2 aliphatic rings. The zero-order valence-electron chi connectivity index (χ0n) is 12.2. The van der Waals surface area contributed by atoms with Crippen molar-refractivity contribution in [3.05, 3.63) is 57.5 Å². The number of hydrogen-bond acceptors (Lipinski definition) is 3. The second-order valence-electron chi connectivity index (χ2n) is 5.93. The quantitative estimate of drug-likeness (QED) is 0.850. The minimum absolute atomic E-state index is 0.180. The van der Waals surface area contributed by atoms with Crippen molar-refractivity contribution in [2.24, 2.45) is 0 Å². The summed E-state index contributed by atoms with van der Waals surface area (Å²) in [6.07, 6.45) is 1.10. The normalized spacial score (nSPS) is 18.9. The maximum atomic E-state index is 13.7. The van der Waals surface area contributed by atoms with Gasteiger partial charge in [0.05, 0.1) is 5.56 Å². The molecule has 1 aromatic carbocycles. The molecule has 1 saturated heterocycles. The Morgan fingerprint density at radius 1 is 1.23 bits per heavy atom. The summed E-state index contributed by atoms with van der Waals surface area (Å²) in [7, 11) is 0. The zero-order chi connectivity index (χ0) is 15.1. The highest BCUT2D eigenvalue weighted by molar-refractivity contribution is 7.10. The van der Waals surface area contributed by atoms with Crippen molar-refractivity contribution in [2.45, 2.75) is 19.0 Å². The number of benzene rings is 1. The third-order valence-electron chi connectivity index (χ3n) is 4.61. The van der Waals surface area contributed by atoms with Gasteiger partial charge in [-0.05, 0) is 35.6 Å². The number of amides is 1. The van der Waals surface area contributed by atoms with Gasteiger partial charge in [0.1, 0.15) is 5.82 Å². The smallest absolute Gasteiger partial charge is 0.256 e. The van der Waals surface area contributed by atoms with Crippen molar-refractivity contribution in [2.75, 3.05) is 19.6 Å². The second kappa shape index (κ2) is 5.48. The predicted molar refractivity (Wildman–Crippen MR) is 84.5 cm³/mol. The summed E-state index contributed by atoms with van der Waals surface area (Å²) in [5.41, 5.74) is 1.61. The van der Waals surface area contributed by atoms with Gasteiger partial charge >= 0.3 is 0 Å². The Labute approximate surface area is 133 Å². The van der Waals surface area contributed by atoms with Gasteiger partial charge in [0.2, 0.25) is 0 Å². The molecule has 1 amide bonds. The van der Waals surface area contributed by atoms with E-state index in [1.165, 1.54) is 16.5 Å². The lowest BCUT2D eigenvalue weighted by molar-refractivity contribution is 0.0217. The topological polar surface area (TPSA) is 23.6 Å². The van der Waals surface area contributed by atoms with Crippen molar-refractivity contribution >= 4 is 17.2 Å². The average molecular weight is 316 g/mol. The summed E-state index contributed by atoms with van der Waals surface area (Å²) >= 11 is 1.84. The van der Waals surface area contributed by atoms with E-state index in [0.717, 1.165) is 19.5 Å². The number of thiophene rings is 1. The van der Waals surface area contributed by atoms with Crippen LogP contribution in [0.5, 0.6) is 0 Å². The van der Waals surface area contributed by atoms with E-state index < -0.39 is 5.82 Å². The summed E-state index contributed by atoms with van der Waals surface area (Å²) in [6.45, 7) is 3.43. The average Bonchev–Trinajstić information content (AvgIpc) is 2.93. The molecule has 0 N–H and O–H groups in total. The highest BCUT2D eigenvalue weighted by Gasteiger charge is 2.37. The fourth-order valence-electron chi connectivity index (χ4n) is 3.24. The summed E-state index contributed by atoms with van der Waals surface area (Å²) in [5, 5.41) is 2.16. The summed E-state index contributed by atoms with van der Waals surface area (Å²) in [6, 6.07) is 8.82. The predicted octanol–water partition coefficient (Wildman–Crippen LogP) is 2.77.